The first-order valence-corrected chi connectivity index (χ1v) is 9.81. The van der Waals surface area contributed by atoms with E-state index >= 15 is 0 Å². The molecule has 28 heavy (non-hydrogen) atoms. The molecule has 0 atom stereocenters. The number of ether oxygens (including phenoxy) is 2. The van der Waals surface area contributed by atoms with Crippen molar-refractivity contribution in [2.45, 2.75) is 32.7 Å². The summed E-state index contributed by atoms with van der Waals surface area (Å²) in [5.41, 5.74) is 1.07. The number of methoxy groups -OCH3 is 1. The van der Waals surface area contributed by atoms with Gasteiger partial charge in [0.25, 0.3) is 0 Å². The summed E-state index contributed by atoms with van der Waals surface area (Å²) in [5.74, 6) is 2.20. The van der Waals surface area contributed by atoms with E-state index in [-0.39, 0.29) is 11.8 Å². The van der Waals surface area contributed by atoms with E-state index in [2.05, 4.69) is 27.1 Å². The van der Waals surface area contributed by atoms with Gasteiger partial charge in [0.15, 0.2) is 0 Å². The lowest BCUT2D eigenvalue weighted by Crippen LogP contribution is -2.41. The fraction of sp³-hybridized carbons (Fsp3) is 0.476. The Kier molecular flexibility index (Phi) is 7.06. The van der Waals surface area contributed by atoms with Crippen molar-refractivity contribution in [2.75, 3.05) is 31.7 Å². The van der Waals surface area contributed by atoms with Crippen LogP contribution in [0.4, 0.5) is 5.95 Å². The first-order valence-electron chi connectivity index (χ1n) is 9.81. The minimum Gasteiger partial charge on any atom is -0.494 e. The van der Waals surface area contributed by atoms with Gasteiger partial charge in [-0.2, -0.15) is 4.98 Å². The van der Waals surface area contributed by atoms with Crippen LogP contribution in [-0.2, 0) is 11.3 Å². The SMILES string of the molecule is CCCOc1ccc(CNC(=O)C2CCN(c3nccc(OC)n3)CC2)cc1. The predicted molar refractivity (Wildman–Crippen MR) is 108 cm³/mol. The highest BCUT2D eigenvalue weighted by Gasteiger charge is 2.26. The Labute approximate surface area is 166 Å². The highest BCUT2D eigenvalue weighted by molar-refractivity contribution is 5.78. The van der Waals surface area contributed by atoms with E-state index in [4.69, 9.17) is 9.47 Å². The van der Waals surface area contributed by atoms with Crippen LogP contribution in [0.5, 0.6) is 11.6 Å². The second kappa shape index (κ2) is 9.92. The van der Waals surface area contributed by atoms with Crippen LogP contribution in [0.1, 0.15) is 31.7 Å². The summed E-state index contributed by atoms with van der Waals surface area (Å²) in [6.45, 7) is 4.85. The smallest absolute Gasteiger partial charge is 0.228 e. The zero-order valence-corrected chi connectivity index (χ0v) is 16.6. The third kappa shape index (κ3) is 5.34. The van der Waals surface area contributed by atoms with E-state index in [1.54, 1.807) is 19.4 Å². The Morgan fingerprint density at radius 3 is 2.64 bits per heavy atom. The lowest BCUT2D eigenvalue weighted by molar-refractivity contribution is -0.125. The van der Waals surface area contributed by atoms with E-state index in [1.807, 2.05) is 24.3 Å². The molecule has 0 spiro atoms. The summed E-state index contributed by atoms with van der Waals surface area (Å²) in [5, 5.41) is 3.05. The lowest BCUT2D eigenvalue weighted by Gasteiger charge is -2.31. The van der Waals surface area contributed by atoms with E-state index in [0.717, 1.165) is 50.3 Å². The number of rotatable bonds is 8. The maximum absolute atomic E-state index is 12.5. The highest BCUT2D eigenvalue weighted by atomic mass is 16.5. The van der Waals surface area contributed by atoms with Crippen LogP contribution in [0.25, 0.3) is 0 Å². The van der Waals surface area contributed by atoms with Gasteiger partial charge in [-0.1, -0.05) is 19.1 Å². The minimum absolute atomic E-state index is 0.0222. The van der Waals surface area contributed by atoms with Gasteiger partial charge in [-0.15, -0.1) is 0 Å². The van der Waals surface area contributed by atoms with Crippen LogP contribution in [0.15, 0.2) is 36.5 Å². The van der Waals surface area contributed by atoms with Gasteiger partial charge < -0.3 is 19.7 Å². The minimum atomic E-state index is 0.0222. The summed E-state index contributed by atoms with van der Waals surface area (Å²) in [6, 6.07) is 9.61. The zero-order chi connectivity index (χ0) is 19.8. The Morgan fingerprint density at radius 2 is 1.96 bits per heavy atom. The number of anilines is 1. The van der Waals surface area contributed by atoms with E-state index in [0.29, 0.717) is 18.4 Å². The second-order valence-electron chi connectivity index (χ2n) is 6.87. The molecule has 1 amide bonds. The molecule has 2 aromatic rings. The molecular formula is C21H28N4O3. The summed E-state index contributed by atoms with van der Waals surface area (Å²) in [7, 11) is 1.59. The van der Waals surface area contributed by atoms with Gasteiger partial charge >= 0.3 is 0 Å². The van der Waals surface area contributed by atoms with Crippen molar-refractivity contribution in [3.05, 3.63) is 42.1 Å². The fourth-order valence-electron chi connectivity index (χ4n) is 3.20. The third-order valence-electron chi connectivity index (χ3n) is 4.84. The Balaban J connectivity index is 1.44. The zero-order valence-electron chi connectivity index (χ0n) is 16.6. The number of piperidine rings is 1. The molecule has 0 aliphatic carbocycles. The van der Waals surface area contributed by atoms with Crippen LogP contribution in [-0.4, -0.2) is 42.7 Å². The summed E-state index contributed by atoms with van der Waals surface area (Å²) >= 11 is 0. The van der Waals surface area contributed by atoms with Crippen LogP contribution in [0, 0.1) is 5.92 Å². The number of aromatic nitrogens is 2. The van der Waals surface area contributed by atoms with Crippen molar-refractivity contribution in [3.8, 4) is 11.6 Å². The average Bonchev–Trinajstić information content (AvgIpc) is 2.77. The topological polar surface area (TPSA) is 76.6 Å². The van der Waals surface area contributed by atoms with Crippen LogP contribution in [0.3, 0.4) is 0 Å². The number of nitrogens with one attached hydrogen (secondary N) is 1. The molecule has 1 aromatic carbocycles. The summed E-state index contributed by atoms with van der Waals surface area (Å²) < 4.78 is 10.7. The Morgan fingerprint density at radius 1 is 1.21 bits per heavy atom. The second-order valence-corrected chi connectivity index (χ2v) is 6.87. The van der Waals surface area contributed by atoms with E-state index in [9.17, 15) is 4.79 Å². The number of carbonyl (C=O) groups is 1. The Bertz CT molecular complexity index is 759. The normalized spacial score (nSPS) is 14.6. The molecule has 1 aliphatic heterocycles. The predicted octanol–water partition coefficient (Wildman–Crippen LogP) is 2.81. The molecule has 7 nitrogen and oxygen atoms in total. The van der Waals surface area contributed by atoms with Gasteiger partial charge in [0.05, 0.1) is 13.7 Å². The molecule has 1 aromatic heterocycles. The standard InChI is InChI=1S/C21H28N4O3/c1-3-14-28-18-6-4-16(5-7-18)15-23-20(26)17-9-12-25(13-10-17)21-22-11-8-19(24-21)27-2/h4-8,11,17H,3,9-10,12-15H2,1-2H3,(H,23,26). The molecular weight excluding hydrogens is 356 g/mol. The van der Waals surface area contributed by atoms with Gasteiger partial charge in [-0.05, 0) is 37.0 Å². The van der Waals surface area contributed by atoms with Gasteiger partial charge in [-0.25, -0.2) is 4.98 Å². The van der Waals surface area contributed by atoms with Gasteiger partial charge in [0.1, 0.15) is 5.75 Å². The monoisotopic (exact) mass is 384 g/mol. The van der Waals surface area contributed by atoms with Crippen molar-refractivity contribution in [2.24, 2.45) is 5.92 Å². The van der Waals surface area contributed by atoms with Crippen molar-refractivity contribution in [1.29, 1.82) is 0 Å². The van der Waals surface area contributed by atoms with Gasteiger partial charge in [0, 0.05) is 37.8 Å². The van der Waals surface area contributed by atoms with Crippen LogP contribution < -0.4 is 19.7 Å². The van der Waals surface area contributed by atoms with Crippen molar-refractivity contribution < 1.29 is 14.3 Å². The molecule has 1 saturated heterocycles. The van der Waals surface area contributed by atoms with E-state index < -0.39 is 0 Å². The van der Waals surface area contributed by atoms with Crippen molar-refractivity contribution in [1.82, 2.24) is 15.3 Å². The number of hydrogen-bond acceptors (Lipinski definition) is 6. The Hall–Kier alpha value is -2.83. The van der Waals surface area contributed by atoms with Gasteiger partial charge in [0.2, 0.25) is 17.7 Å². The molecule has 0 radical (unpaired) electrons. The molecule has 1 N–H and O–H groups in total. The van der Waals surface area contributed by atoms with E-state index in [1.165, 1.54) is 0 Å². The maximum atomic E-state index is 12.5. The number of nitrogens with zero attached hydrogens (tertiary/aromatic N) is 3. The molecule has 0 bridgehead atoms. The maximum Gasteiger partial charge on any atom is 0.228 e. The number of benzene rings is 1. The highest BCUT2D eigenvalue weighted by Crippen LogP contribution is 2.22. The lowest BCUT2D eigenvalue weighted by atomic mass is 9.96. The number of hydrogen-bond donors (Lipinski definition) is 1. The first kappa shape index (κ1) is 19.9. The quantitative estimate of drug-likeness (QED) is 0.754. The molecule has 3 rings (SSSR count). The number of carbonyl (C=O) groups excluding carboxylic acids is 1. The van der Waals surface area contributed by atoms with Crippen molar-refractivity contribution >= 4 is 11.9 Å². The third-order valence-corrected chi connectivity index (χ3v) is 4.84. The van der Waals surface area contributed by atoms with Crippen molar-refractivity contribution in [3.63, 3.8) is 0 Å². The average molecular weight is 384 g/mol. The van der Waals surface area contributed by atoms with Gasteiger partial charge in [-0.3, -0.25) is 4.79 Å². The molecule has 1 aliphatic rings. The first-order chi connectivity index (χ1) is 13.7. The molecule has 2 heterocycles. The fourth-order valence-corrected chi connectivity index (χ4v) is 3.20. The number of amides is 1. The molecule has 0 saturated carbocycles. The molecule has 0 unspecified atom stereocenters. The molecule has 150 valence electrons. The summed E-state index contributed by atoms with van der Waals surface area (Å²) in [4.78, 5) is 23.3. The van der Waals surface area contributed by atoms with Crippen LogP contribution >= 0.6 is 0 Å². The molecule has 1 fully saturated rings. The largest absolute Gasteiger partial charge is 0.494 e. The summed E-state index contributed by atoms with van der Waals surface area (Å²) in [6.07, 6.45) is 4.26. The van der Waals surface area contributed by atoms with Crippen LogP contribution in [0.2, 0.25) is 0 Å². The molecule has 7 heteroatoms.